The smallest absolute Gasteiger partial charge is 0.262 e. The van der Waals surface area contributed by atoms with E-state index in [1.807, 2.05) is 0 Å². The lowest BCUT2D eigenvalue weighted by atomic mass is 10.2. The third kappa shape index (κ3) is 3.43. The van der Waals surface area contributed by atoms with E-state index in [1.54, 1.807) is 49.6 Å². The first-order chi connectivity index (χ1) is 11.7. The first-order valence-corrected chi connectivity index (χ1v) is 7.27. The van der Waals surface area contributed by atoms with Crippen LogP contribution in [0.15, 0.2) is 54.7 Å². The zero-order valence-corrected chi connectivity index (χ0v) is 13.0. The number of hydrogen-bond acceptors (Lipinski definition) is 4. The number of nitrogens with zero attached hydrogens (tertiary/aromatic N) is 1. The minimum Gasteiger partial charge on any atom is -0.497 e. The maximum absolute atomic E-state index is 13.7. The highest BCUT2D eigenvalue weighted by Crippen LogP contribution is 2.23. The Morgan fingerprint density at radius 2 is 1.88 bits per heavy atom. The van der Waals surface area contributed by atoms with E-state index in [-0.39, 0.29) is 18.0 Å². The van der Waals surface area contributed by atoms with Crippen molar-refractivity contribution in [1.82, 2.24) is 4.98 Å². The van der Waals surface area contributed by atoms with Crippen LogP contribution < -0.4 is 14.8 Å². The second-order valence-corrected chi connectivity index (χ2v) is 5.01. The Morgan fingerprint density at radius 3 is 2.62 bits per heavy atom. The van der Waals surface area contributed by atoms with Crippen molar-refractivity contribution in [1.29, 1.82) is 0 Å². The van der Waals surface area contributed by atoms with E-state index in [1.165, 1.54) is 12.3 Å². The second kappa shape index (κ2) is 6.95. The van der Waals surface area contributed by atoms with Gasteiger partial charge < -0.3 is 14.8 Å². The molecule has 0 fully saturated rings. The van der Waals surface area contributed by atoms with Gasteiger partial charge in [0.25, 0.3) is 5.91 Å². The number of nitrogens with one attached hydrogen (secondary N) is 1. The number of ether oxygens (including phenoxy) is 2. The molecule has 24 heavy (non-hydrogen) atoms. The lowest BCUT2D eigenvalue weighted by Gasteiger charge is -2.10. The number of carbonyl (C=O) groups is 1. The van der Waals surface area contributed by atoms with Gasteiger partial charge in [-0.05, 0) is 36.4 Å². The molecule has 1 amide bonds. The number of fused-ring (bicyclic) bond motifs is 1. The largest absolute Gasteiger partial charge is 0.497 e. The molecule has 0 spiro atoms. The van der Waals surface area contributed by atoms with Crippen LogP contribution in [0.25, 0.3) is 10.9 Å². The maximum Gasteiger partial charge on any atom is 0.262 e. The van der Waals surface area contributed by atoms with Crippen LogP contribution in [-0.4, -0.2) is 24.6 Å². The predicted molar refractivity (Wildman–Crippen MR) is 88.8 cm³/mol. The van der Waals surface area contributed by atoms with Crippen LogP contribution in [0.2, 0.25) is 0 Å². The molecule has 1 N–H and O–H groups in total. The van der Waals surface area contributed by atoms with Gasteiger partial charge >= 0.3 is 0 Å². The van der Waals surface area contributed by atoms with E-state index in [4.69, 9.17) is 9.47 Å². The van der Waals surface area contributed by atoms with E-state index < -0.39 is 5.82 Å². The average molecular weight is 326 g/mol. The molecule has 5 nitrogen and oxygen atoms in total. The summed E-state index contributed by atoms with van der Waals surface area (Å²) in [7, 11) is 1.57. The fraction of sp³-hybridized carbons (Fsp3) is 0.111. The monoisotopic (exact) mass is 326 g/mol. The van der Waals surface area contributed by atoms with Gasteiger partial charge in [-0.1, -0.05) is 12.1 Å². The van der Waals surface area contributed by atoms with Crippen molar-refractivity contribution in [2.75, 3.05) is 19.0 Å². The second-order valence-electron chi connectivity index (χ2n) is 5.01. The number of methoxy groups -OCH3 is 1. The Balaban J connectivity index is 1.67. The van der Waals surface area contributed by atoms with Crippen LogP contribution in [0.3, 0.4) is 0 Å². The van der Waals surface area contributed by atoms with Gasteiger partial charge in [0.2, 0.25) is 0 Å². The molecule has 122 valence electrons. The summed E-state index contributed by atoms with van der Waals surface area (Å²) < 4.78 is 24.2. The maximum atomic E-state index is 13.7. The molecule has 0 radical (unpaired) electrons. The van der Waals surface area contributed by atoms with Crippen LogP contribution in [-0.2, 0) is 4.79 Å². The van der Waals surface area contributed by atoms with Crippen molar-refractivity contribution in [3.8, 4) is 11.5 Å². The van der Waals surface area contributed by atoms with E-state index in [9.17, 15) is 9.18 Å². The van der Waals surface area contributed by atoms with Crippen LogP contribution in [0.5, 0.6) is 11.5 Å². The molecule has 0 aliphatic rings. The molecule has 1 aromatic heterocycles. The van der Waals surface area contributed by atoms with Crippen molar-refractivity contribution in [3.63, 3.8) is 0 Å². The summed E-state index contributed by atoms with van der Waals surface area (Å²) in [4.78, 5) is 16.1. The molecule has 0 atom stereocenters. The summed E-state index contributed by atoms with van der Waals surface area (Å²) in [6.07, 6.45) is 1.45. The van der Waals surface area contributed by atoms with E-state index in [0.29, 0.717) is 22.6 Å². The SMILES string of the molecule is COc1ccc(OCC(=O)Nc2ccnc3c(F)cccc23)cc1. The highest BCUT2D eigenvalue weighted by molar-refractivity contribution is 6.01. The van der Waals surface area contributed by atoms with Gasteiger partial charge in [0.1, 0.15) is 22.8 Å². The number of carbonyl (C=O) groups excluding carboxylic acids is 1. The van der Waals surface area contributed by atoms with Gasteiger partial charge in [-0.3, -0.25) is 9.78 Å². The van der Waals surface area contributed by atoms with Gasteiger partial charge in [-0.2, -0.15) is 0 Å². The predicted octanol–water partition coefficient (Wildman–Crippen LogP) is 3.40. The molecule has 0 aliphatic heterocycles. The fourth-order valence-corrected chi connectivity index (χ4v) is 2.26. The summed E-state index contributed by atoms with van der Waals surface area (Å²) in [5.41, 5.74) is 0.703. The van der Waals surface area contributed by atoms with Crippen LogP contribution in [0, 0.1) is 5.82 Å². The molecule has 0 aliphatic carbocycles. The molecule has 0 bridgehead atoms. The number of para-hydroxylation sites is 1. The van der Waals surface area contributed by atoms with Crippen molar-refractivity contribution >= 4 is 22.5 Å². The Kier molecular flexibility index (Phi) is 4.56. The van der Waals surface area contributed by atoms with Gasteiger partial charge in [-0.15, -0.1) is 0 Å². The molecule has 0 saturated carbocycles. The molecule has 3 aromatic rings. The van der Waals surface area contributed by atoms with Crippen molar-refractivity contribution in [2.24, 2.45) is 0 Å². The Labute approximate surface area is 138 Å². The van der Waals surface area contributed by atoms with Crippen molar-refractivity contribution < 1.29 is 18.7 Å². The fourth-order valence-electron chi connectivity index (χ4n) is 2.26. The molecule has 1 heterocycles. The number of aromatic nitrogens is 1. The number of benzene rings is 2. The third-order valence-electron chi connectivity index (χ3n) is 3.43. The number of halogens is 1. The quantitative estimate of drug-likeness (QED) is 0.780. The summed E-state index contributed by atoms with van der Waals surface area (Å²) in [6, 6.07) is 13.1. The standard InChI is InChI=1S/C18H15FN2O3/c1-23-12-5-7-13(8-6-12)24-11-17(22)21-16-9-10-20-18-14(16)3-2-4-15(18)19/h2-10H,11H2,1H3,(H,20,21,22). The summed E-state index contributed by atoms with van der Waals surface area (Å²) in [5.74, 6) is 0.481. The number of hydrogen-bond donors (Lipinski definition) is 1. The highest BCUT2D eigenvalue weighted by atomic mass is 19.1. The number of pyridine rings is 1. The van der Waals surface area contributed by atoms with Crippen molar-refractivity contribution in [2.45, 2.75) is 0 Å². The number of anilines is 1. The lowest BCUT2D eigenvalue weighted by molar-refractivity contribution is -0.118. The number of amides is 1. The van der Waals surface area contributed by atoms with Gasteiger partial charge in [0, 0.05) is 11.6 Å². The highest BCUT2D eigenvalue weighted by Gasteiger charge is 2.09. The third-order valence-corrected chi connectivity index (χ3v) is 3.43. The van der Waals surface area contributed by atoms with Crippen LogP contribution >= 0.6 is 0 Å². The van der Waals surface area contributed by atoms with Crippen LogP contribution in [0.1, 0.15) is 0 Å². The molecule has 0 unspecified atom stereocenters. The summed E-state index contributed by atoms with van der Waals surface area (Å²) in [5, 5.41) is 3.25. The zero-order chi connectivity index (χ0) is 16.9. The zero-order valence-electron chi connectivity index (χ0n) is 13.0. The first kappa shape index (κ1) is 15.7. The normalized spacial score (nSPS) is 10.4. The number of rotatable bonds is 5. The van der Waals surface area contributed by atoms with Gasteiger partial charge in [0.05, 0.1) is 12.8 Å². The minimum atomic E-state index is -0.432. The summed E-state index contributed by atoms with van der Waals surface area (Å²) >= 11 is 0. The molecule has 0 saturated heterocycles. The topological polar surface area (TPSA) is 60.5 Å². The summed E-state index contributed by atoms with van der Waals surface area (Å²) in [6.45, 7) is -0.161. The minimum absolute atomic E-state index is 0.161. The van der Waals surface area contributed by atoms with Crippen molar-refractivity contribution in [3.05, 3.63) is 60.5 Å². The van der Waals surface area contributed by atoms with E-state index in [2.05, 4.69) is 10.3 Å². The molecular weight excluding hydrogens is 311 g/mol. The lowest BCUT2D eigenvalue weighted by Crippen LogP contribution is -2.20. The Bertz CT molecular complexity index is 866. The van der Waals surface area contributed by atoms with Gasteiger partial charge in [-0.25, -0.2) is 4.39 Å². The molecule has 6 heteroatoms. The first-order valence-electron chi connectivity index (χ1n) is 7.27. The average Bonchev–Trinajstić information content (AvgIpc) is 2.61. The van der Waals surface area contributed by atoms with E-state index in [0.717, 1.165) is 0 Å². The Morgan fingerprint density at radius 1 is 1.12 bits per heavy atom. The van der Waals surface area contributed by atoms with Gasteiger partial charge in [0.15, 0.2) is 6.61 Å². The van der Waals surface area contributed by atoms with E-state index >= 15 is 0 Å². The Hall–Kier alpha value is -3.15. The van der Waals surface area contributed by atoms with Crippen LogP contribution in [0.4, 0.5) is 10.1 Å². The molecular formula is C18H15FN2O3. The molecule has 2 aromatic carbocycles. The molecule has 3 rings (SSSR count).